The van der Waals surface area contributed by atoms with Crippen LogP contribution in [0.5, 0.6) is 0 Å². The topological polar surface area (TPSA) is 58.9 Å². The van der Waals surface area contributed by atoms with E-state index in [2.05, 4.69) is 12.7 Å². The quantitative estimate of drug-likeness (QED) is 0.695. The predicted octanol–water partition coefficient (Wildman–Crippen LogP) is 0.785. The van der Waals surface area contributed by atoms with Crippen molar-refractivity contribution in [1.82, 2.24) is 0 Å². The highest BCUT2D eigenvalue weighted by molar-refractivity contribution is 5.35. The molecule has 20 heavy (non-hydrogen) atoms. The molecule has 0 aromatic carbocycles. The number of rotatable bonds is 1. The van der Waals surface area contributed by atoms with E-state index in [0.29, 0.717) is 11.8 Å². The third-order valence-corrected chi connectivity index (χ3v) is 6.41. The summed E-state index contributed by atoms with van der Waals surface area (Å²) in [6.07, 6.45) is 5.86. The van der Waals surface area contributed by atoms with Gasteiger partial charge in [0, 0.05) is 30.1 Å². The Morgan fingerprint density at radius 3 is 2.80 bits per heavy atom. The first-order valence-corrected chi connectivity index (χ1v) is 7.66. The summed E-state index contributed by atoms with van der Waals surface area (Å²) in [5, 5.41) is 20.2. The summed E-state index contributed by atoms with van der Waals surface area (Å²) in [6.45, 7) is 4.05. The van der Waals surface area contributed by atoms with Gasteiger partial charge in [0.2, 0.25) is 0 Å². The number of hydrogen-bond acceptors (Lipinski definition) is 4. The Labute approximate surface area is 118 Å². The lowest BCUT2D eigenvalue weighted by atomic mass is 9.53. The molecular weight excluding hydrogens is 256 g/mol. The molecule has 4 heteroatoms. The smallest absolute Gasteiger partial charge is 0.105 e. The van der Waals surface area contributed by atoms with Crippen LogP contribution in [0.1, 0.15) is 19.3 Å². The Morgan fingerprint density at radius 1 is 1.20 bits per heavy atom. The van der Waals surface area contributed by atoms with Crippen LogP contribution in [-0.4, -0.2) is 46.8 Å². The van der Waals surface area contributed by atoms with Crippen molar-refractivity contribution in [3.05, 3.63) is 24.3 Å². The number of hydrogen-bond donors (Lipinski definition) is 2. The molecule has 4 bridgehead atoms. The van der Waals surface area contributed by atoms with Gasteiger partial charge in [0.1, 0.15) is 6.10 Å². The molecule has 4 aliphatic heterocycles. The van der Waals surface area contributed by atoms with Crippen LogP contribution in [0, 0.1) is 17.3 Å². The fraction of sp³-hybridized carbons (Fsp3) is 0.750. The SMILES string of the molecule is C=CC12CC=C3[C@H]([C@@H]1[C@H]1C[C@@H](O)[C@@H]2O1)[C@H]1C[C@@H](O)[C@@H]3O1. The van der Waals surface area contributed by atoms with E-state index in [1.807, 2.05) is 6.08 Å². The molecule has 4 nitrogen and oxygen atoms in total. The Bertz CT molecular complexity index is 515. The summed E-state index contributed by atoms with van der Waals surface area (Å²) >= 11 is 0. The lowest BCUT2D eigenvalue weighted by Gasteiger charge is -2.48. The first-order valence-electron chi connectivity index (χ1n) is 7.66. The molecule has 9 atom stereocenters. The van der Waals surface area contributed by atoms with Gasteiger partial charge in [-0.05, 0) is 12.0 Å². The molecule has 0 aromatic heterocycles. The van der Waals surface area contributed by atoms with Crippen molar-refractivity contribution >= 4 is 0 Å². The van der Waals surface area contributed by atoms with Gasteiger partial charge < -0.3 is 19.7 Å². The Hall–Kier alpha value is -0.680. The number of fused-ring (bicyclic) bond motifs is 11. The summed E-state index contributed by atoms with van der Waals surface area (Å²) in [7, 11) is 0. The van der Waals surface area contributed by atoms with Gasteiger partial charge in [-0.1, -0.05) is 12.2 Å². The Morgan fingerprint density at radius 2 is 2.00 bits per heavy atom. The predicted molar refractivity (Wildman–Crippen MR) is 70.9 cm³/mol. The van der Waals surface area contributed by atoms with Crippen LogP contribution in [0.15, 0.2) is 24.3 Å². The summed E-state index contributed by atoms with van der Waals surface area (Å²) in [6, 6.07) is 0. The van der Waals surface area contributed by atoms with Crippen molar-refractivity contribution in [2.24, 2.45) is 17.3 Å². The number of ether oxygens (including phenoxy) is 2. The van der Waals surface area contributed by atoms with Gasteiger partial charge in [0.25, 0.3) is 0 Å². The molecule has 4 saturated heterocycles. The molecule has 1 aliphatic carbocycles. The van der Waals surface area contributed by atoms with Crippen molar-refractivity contribution in [2.75, 3.05) is 0 Å². The zero-order chi connectivity index (χ0) is 13.6. The van der Waals surface area contributed by atoms with Gasteiger partial charge in [-0.15, -0.1) is 6.58 Å². The van der Waals surface area contributed by atoms with Crippen LogP contribution < -0.4 is 0 Å². The maximum atomic E-state index is 10.2. The molecule has 5 aliphatic rings. The van der Waals surface area contributed by atoms with Crippen LogP contribution >= 0.6 is 0 Å². The maximum absolute atomic E-state index is 10.2. The van der Waals surface area contributed by atoms with Gasteiger partial charge in [0.05, 0.1) is 30.5 Å². The van der Waals surface area contributed by atoms with E-state index in [9.17, 15) is 10.2 Å². The average Bonchev–Trinajstić information content (AvgIpc) is 3.15. The number of allylic oxidation sites excluding steroid dienone is 1. The minimum atomic E-state index is -0.366. The second kappa shape index (κ2) is 3.55. The second-order valence-corrected chi connectivity index (χ2v) is 7.07. The summed E-state index contributed by atoms with van der Waals surface area (Å²) < 4.78 is 12.1. The van der Waals surface area contributed by atoms with E-state index in [4.69, 9.17) is 9.47 Å². The second-order valence-electron chi connectivity index (χ2n) is 7.07. The van der Waals surface area contributed by atoms with E-state index in [0.717, 1.165) is 19.3 Å². The van der Waals surface area contributed by atoms with Crippen LogP contribution in [-0.2, 0) is 9.47 Å². The van der Waals surface area contributed by atoms with Gasteiger partial charge in [0.15, 0.2) is 0 Å². The lowest BCUT2D eigenvalue weighted by Crippen LogP contribution is -2.52. The standard InChI is InChI=1S/C16H20O4/c1-2-16-4-3-7-12(10-5-8(17)14(7)19-10)13(16)11-6-9(18)15(16)20-11/h2-3,8-15,17-18H,1,4-6H2/t8-,9-,10-,11-,12+,13+,14-,15+,16?/m1/s1. The van der Waals surface area contributed by atoms with Gasteiger partial charge in [-0.3, -0.25) is 0 Å². The van der Waals surface area contributed by atoms with E-state index < -0.39 is 0 Å². The molecule has 0 radical (unpaired) electrons. The van der Waals surface area contributed by atoms with Crippen molar-refractivity contribution < 1.29 is 19.7 Å². The van der Waals surface area contributed by atoms with Crippen LogP contribution in [0.2, 0.25) is 0 Å². The molecular formula is C16H20O4. The van der Waals surface area contributed by atoms with Gasteiger partial charge >= 0.3 is 0 Å². The molecule has 0 spiro atoms. The molecule has 5 rings (SSSR count). The average molecular weight is 276 g/mol. The Balaban J connectivity index is 1.62. The highest BCUT2D eigenvalue weighted by Gasteiger charge is 2.69. The van der Waals surface area contributed by atoms with Crippen molar-refractivity contribution in [1.29, 1.82) is 0 Å². The number of aliphatic hydroxyl groups excluding tert-OH is 2. The van der Waals surface area contributed by atoms with E-state index in [1.54, 1.807) is 0 Å². The fourth-order valence-electron chi connectivity index (χ4n) is 5.72. The van der Waals surface area contributed by atoms with E-state index >= 15 is 0 Å². The van der Waals surface area contributed by atoms with Crippen LogP contribution in [0.25, 0.3) is 0 Å². The molecule has 4 heterocycles. The van der Waals surface area contributed by atoms with Crippen molar-refractivity contribution in [3.8, 4) is 0 Å². The molecule has 0 amide bonds. The monoisotopic (exact) mass is 276 g/mol. The molecule has 0 saturated carbocycles. The van der Waals surface area contributed by atoms with Crippen LogP contribution in [0.3, 0.4) is 0 Å². The normalized spacial score (nSPS) is 62.2. The molecule has 2 N–H and O–H groups in total. The largest absolute Gasteiger partial charge is 0.390 e. The van der Waals surface area contributed by atoms with E-state index in [1.165, 1.54) is 5.57 Å². The summed E-state index contributed by atoms with van der Waals surface area (Å²) in [5.41, 5.74) is 1.14. The minimum Gasteiger partial charge on any atom is -0.390 e. The highest BCUT2D eigenvalue weighted by atomic mass is 16.5. The van der Waals surface area contributed by atoms with Gasteiger partial charge in [-0.2, -0.15) is 0 Å². The first-order chi connectivity index (χ1) is 9.65. The summed E-state index contributed by atoms with van der Waals surface area (Å²) in [5.74, 6) is 0.702. The summed E-state index contributed by atoms with van der Waals surface area (Å²) in [4.78, 5) is 0. The first kappa shape index (κ1) is 11.9. The van der Waals surface area contributed by atoms with Crippen molar-refractivity contribution in [2.45, 2.75) is 55.9 Å². The van der Waals surface area contributed by atoms with Crippen LogP contribution in [0.4, 0.5) is 0 Å². The third-order valence-electron chi connectivity index (χ3n) is 6.41. The number of aliphatic hydroxyl groups is 2. The van der Waals surface area contributed by atoms with E-state index in [-0.39, 0.29) is 42.0 Å². The zero-order valence-corrected chi connectivity index (χ0v) is 11.3. The maximum Gasteiger partial charge on any atom is 0.105 e. The van der Waals surface area contributed by atoms with Gasteiger partial charge in [-0.25, -0.2) is 0 Å². The van der Waals surface area contributed by atoms with Crippen molar-refractivity contribution in [3.63, 3.8) is 0 Å². The molecule has 0 aromatic rings. The molecule has 1 unspecified atom stereocenters. The molecule has 108 valence electrons. The zero-order valence-electron chi connectivity index (χ0n) is 11.3. The minimum absolute atomic E-state index is 0.100. The molecule has 4 fully saturated rings. The fourth-order valence-corrected chi connectivity index (χ4v) is 5.72. The highest BCUT2D eigenvalue weighted by Crippen LogP contribution is 2.64. The Kier molecular flexibility index (Phi) is 2.12. The third kappa shape index (κ3) is 1.12. The lowest BCUT2D eigenvalue weighted by molar-refractivity contribution is -0.00349.